The third-order valence-electron chi connectivity index (χ3n) is 3.10. The van der Waals surface area contributed by atoms with E-state index in [1.54, 1.807) is 25.4 Å². The standard InChI is InChI=1S/C14H14N4O2S/c1-20-10-4-5-11-12(7-10)18-14(17-11)21(19)8-9-3-2-6-16-13(9)15/h2-7H,8H2,1H3,(H2,15,16)(H,17,18). The monoisotopic (exact) mass is 302 g/mol. The van der Waals surface area contributed by atoms with Crippen LogP contribution in [0.25, 0.3) is 11.0 Å². The van der Waals surface area contributed by atoms with E-state index in [1.807, 2.05) is 18.2 Å². The summed E-state index contributed by atoms with van der Waals surface area (Å²) in [5.41, 5.74) is 8.05. The number of nitrogens with two attached hydrogens (primary N) is 1. The van der Waals surface area contributed by atoms with Crippen LogP contribution in [0.1, 0.15) is 5.56 Å². The van der Waals surface area contributed by atoms with Crippen LogP contribution in [-0.2, 0) is 16.9 Å². The van der Waals surface area contributed by atoms with Crippen molar-refractivity contribution in [3.8, 4) is 5.75 Å². The van der Waals surface area contributed by atoms with Crippen LogP contribution in [0.4, 0.5) is 5.82 Å². The normalized spacial score (nSPS) is 12.5. The summed E-state index contributed by atoms with van der Waals surface area (Å²) in [7, 11) is 1.60. The van der Waals surface area contributed by atoms with Crippen molar-refractivity contribution in [2.45, 2.75) is 10.9 Å². The maximum absolute atomic E-state index is 12.4. The summed E-state index contributed by atoms with van der Waals surface area (Å²) in [5.74, 6) is 1.38. The molecule has 1 aromatic carbocycles. The summed E-state index contributed by atoms with van der Waals surface area (Å²) in [5, 5.41) is 0.418. The fourth-order valence-corrected chi connectivity index (χ4v) is 3.07. The number of imidazole rings is 1. The average Bonchev–Trinajstić information content (AvgIpc) is 2.92. The van der Waals surface area contributed by atoms with Gasteiger partial charge in [0.2, 0.25) is 0 Å². The Labute approximate surface area is 124 Å². The lowest BCUT2D eigenvalue weighted by Gasteiger charge is -2.07. The summed E-state index contributed by atoms with van der Waals surface area (Å²) >= 11 is -1.31. The van der Waals surface area contributed by atoms with E-state index in [2.05, 4.69) is 15.0 Å². The Morgan fingerprint density at radius 2 is 2.24 bits per heavy atom. The van der Waals surface area contributed by atoms with Gasteiger partial charge < -0.3 is 15.0 Å². The van der Waals surface area contributed by atoms with Gasteiger partial charge in [0.1, 0.15) is 17.3 Å². The van der Waals surface area contributed by atoms with Crippen LogP contribution in [0.15, 0.2) is 41.7 Å². The van der Waals surface area contributed by atoms with Gasteiger partial charge in [0.15, 0.2) is 0 Å². The minimum absolute atomic E-state index is 0.274. The van der Waals surface area contributed by atoms with Crippen molar-refractivity contribution < 1.29 is 9.29 Å². The maximum atomic E-state index is 12.4. The molecular formula is C14H14N4O2S. The van der Waals surface area contributed by atoms with Gasteiger partial charge in [-0.3, -0.25) is 4.98 Å². The lowest BCUT2D eigenvalue weighted by atomic mass is 10.3. The van der Waals surface area contributed by atoms with Crippen LogP contribution >= 0.6 is 0 Å². The van der Waals surface area contributed by atoms with Gasteiger partial charge in [-0.2, -0.15) is 4.98 Å². The van der Waals surface area contributed by atoms with Crippen LogP contribution < -0.4 is 10.5 Å². The number of aromatic nitrogens is 3. The first-order valence-corrected chi connectivity index (χ1v) is 7.61. The minimum atomic E-state index is -1.31. The number of nitrogen functional groups attached to an aromatic ring is 1. The number of methoxy groups -OCH3 is 1. The van der Waals surface area contributed by atoms with Crippen molar-refractivity contribution in [2.75, 3.05) is 12.8 Å². The highest BCUT2D eigenvalue weighted by Gasteiger charge is 2.19. The number of pyridine rings is 1. The van der Waals surface area contributed by atoms with E-state index < -0.39 is 11.2 Å². The molecule has 21 heavy (non-hydrogen) atoms. The molecule has 7 heteroatoms. The number of benzene rings is 1. The number of nitrogens with zero attached hydrogens (tertiary/aromatic N) is 2. The Morgan fingerprint density at radius 3 is 3.00 bits per heavy atom. The van der Waals surface area contributed by atoms with Gasteiger partial charge in [-0.15, -0.1) is 0 Å². The number of aromatic amines is 1. The van der Waals surface area contributed by atoms with Crippen molar-refractivity contribution in [3.63, 3.8) is 0 Å². The number of rotatable bonds is 4. The first-order valence-electron chi connectivity index (χ1n) is 6.29. The summed E-state index contributed by atoms with van der Waals surface area (Å²) < 4.78 is 17.5. The minimum Gasteiger partial charge on any atom is -0.609 e. The molecule has 3 aromatic rings. The van der Waals surface area contributed by atoms with E-state index in [-0.39, 0.29) is 5.75 Å². The molecule has 0 saturated carbocycles. The molecule has 3 N–H and O–H groups in total. The molecule has 3 rings (SSSR count). The van der Waals surface area contributed by atoms with Crippen molar-refractivity contribution in [1.29, 1.82) is 0 Å². The highest BCUT2D eigenvalue weighted by molar-refractivity contribution is 7.90. The predicted octanol–water partition coefficient (Wildman–Crippen LogP) is 1.86. The third-order valence-corrected chi connectivity index (χ3v) is 4.29. The SMILES string of the molecule is COc1ccc2[nH]c([S+]([O-])Cc3cccnc3N)nc2c1. The largest absolute Gasteiger partial charge is 0.609 e. The number of anilines is 1. The zero-order chi connectivity index (χ0) is 14.8. The van der Waals surface area contributed by atoms with Crippen molar-refractivity contribution in [1.82, 2.24) is 15.0 Å². The first-order chi connectivity index (χ1) is 10.2. The molecule has 0 aliphatic rings. The zero-order valence-corrected chi connectivity index (χ0v) is 12.2. The first kappa shape index (κ1) is 13.7. The van der Waals surface area contributed by atoms with E-state index in [0.29, 0.717) is 16.7 Å². The highest BCUT2D eigenvalue weighted by atomic mass is 32.2. The van der Waals surface area contributed by atoms with E-state index in [1.165, 1.54) is 0 Å². The molecule has 0 aliphatic carbocycles. The molecule has 0 fully saturated rings. The second-order valence-corrected chi connectivity index (χ2v) is 5.83. The fourth-order valence-electron chi connectivity index (χ4n) is 1.98. The van der Waals surface area contributed by atoms with Crippen molar-refractivity contribution in [3.05, 3.63) is 42.1 Å². The van der Waals surface area contributed by atoms with Crippen molar-refractivity contribution in [2.24, 2.45) is 0 Å². The third kappa shape index (κ3) is 2.79. The summed E-state index contributed by atoms with van der Waals surface area (Å²) in [6.07, 6.45) is 1.61. The molecule has 0 spiro atoms. The van der Waals surface area contributed by atoms with E-state index in [4.69, 9.17) is 10.5 Å². The number of hydrogen-bond acceptors (Lipinski definition) is 5. The molecule has 2 heterocycles. The number of hydrogen-bond donors (Lipinski definition) is 2. The number of fused-ring (bicyclic) bond motifs is 1. The molecule has 6 nitrogen and oxygen atoms in total. The number of H-pyrrole nitrogens is 1. The second-order valence-electron chi connectivity index (χ2n) is 4.46. The van der Waals surface area contributed by atoms with Crippen LogP contribution in [0.2, 0.25) is 0 Å². The van der Waals surface area contributed by atoms with E-state index in [0.717, 1.165) is 16.6 Å². The van der Waals surface area contributed by atoms with Gasteiger partial charge in [0, 0.05) is 29.0 Å². The number of ether oxygens (including phenoxy) is 1. The molecule has 2 aromatic heterocycles. The topological polar surface area (TPSA) is 99.9 Å². The van der Waals surface area contributed by atoms with Gasteiger partial charge in [-0.05, 0) is 24.3 Å². The van der Waals surface area contributed by atoms with Gasteiger partial charge in [-0.25, -0.2) is 4.98 Å². The summed E-state index contributed by atoms with van der Waals surface area (Å²) in [4.78, 5) is 11.4. The van der Waals surface area contributed by atoms with Gasteiger partial charge in [0.05, 0.1) is 18.1 Å². The lowest BCUT2D eigenvalue weighted by molar-refractivity contribution is 0.415. The lowest BCUT2D eigenvalue weighted by Crippen LogP contribution is -2.09. The Hall–Kier alpha value is -2.25. The molecule has 1 unspecified atom stereocenters. The van der Waals surface area contributed by atoms with Crippen LogP contribution in [0.3, 0.4) is 0 Å². The summed E-state index contributed by atoms with van der Waals surface area (Å²) in [6.45, 7) is 0. The molecule has 0 saturated heterocycles. The zero-order valence-electron chi connectivity index (χ0n) is 11.4. The van der Waals surface area contributed by atoms with E-state index >= 15 is 0 Å². The molecule has 0 radical (unpaired) electrons. The molecule has 0 bridgehead atoms. The van der Waals surface area contributed by atoms with Crippen LogP contribution in [-0.4, -0.2) is 26.6 Å². The predicted molar refractivity (Wildman–Crippen MR) is 81.4 cm³/mol. The Morgan fingerprint density at radius 1 is 1.38 bits per heavy atom. The molecule has 108 valence electrons. The highest BCUT2D eigenvalue weighted by Crippen LogP contribution is 2.22. The molecule has 1 atom stereocenters. The molecule has 0 aliphatic heterocycles. The van der Waals surface area contributed by atoms with E-state index in [9.17, 15) is 4.55 Å². The van der Waals surface area contributed by atoms with Gasteiger partial charge in [-0.1, -0.05) is 0 Å². The summed E-state index contributed by atoms with van der Waals surface area (Å²) in [6, 6.07) is 9.05. The Balaban J connectivity index is 1.87. The van der Waals surface area contributed by atoms with Gasteiger partial charge in [0.25, 0.3) is 0 Å². The smallest absolute Gasteiger partial charge is 0.321 e. The Bertz CT molecular complexity index is 775. The molecule has 0 amide bonds. The molecular weight excluding hydrogens is 288 g/mol. The quantitative estimate of drug-likeness (QED) is 0.716. The van der Waals surface area contributed by atoms with Crippen molar-refractivity contribution >= 4 is 28.0 Å². The Kier molecular flexibility index (Phi) is 3.68. The number of nitrogens with one attached hydrogen (secondary N) is 1. The maximum Gasteiger partial charge on any atom is 0.321 e. The van der Waals surface area contributed by atoms with Crippen LogP contribution in [0, 0.1) is 0 Å². The average molecular weight is 302 g/mol. The fraction of sp³-hybridized carbons (Fsp3) is 0.143. The van der Waals surface area contributed by atoms with Crippen LogP contribution in [0.5, 0.6) is 5.75 Å². The van der Waals surface area contributed by atoms with Gasteiger partial charge >= 0.3 is 5.16 Å². The second kappa shape index (κ2) is 5.63.